The van der Waals surface area contributed by atoms with E-state index in [-0.39, 0.29) is 17.0 Å². The summed E-state index contributed by atoms with van der Waals surface area (Å²) in [7, 11) is -3.01. The first-order valence-corrected chi connectivity index (χ1v) is 9.67. The lowest BCUT2D eigenvalue weighted by atomic mass is 9.40. The van der Waals surface area contributed by atoms with Crippen LogP contribution in [0.1, 0.15) is 53.9 Å². The Morgan fingerprint density at radius 3 is 2.05 bits per heavy atom. The van der Waals surface area contributed by atoms with Crippen molar-refractivity contribution in [1.82, 2.24) is 5.32 Å². The SMILES string of the molecule is CCOP(=O)(CC12CC(NC(=O)OC(C)(C)C)(C1)C2)OCC. The molecule has 3 rings (SSSR count). The summed E-state index contributed by atoms with van der Waals surface area (Å²) in [5, 5.41) is 2.96. The Morgan fingerprint density at radius 1 is 1.14 bits per heavy atom. The molecule has 0 aromatic rings. The van der Waals surface area contributed by atoms with Gasteiger partial charge >= 0.3 is 13.7 Å². The van der Waals surface area contributed by atoms with Gasteiger partial charge in [-0.2, -0.15) is 0 Å². The van der Waals surface area contributed by atoms with Crippen LogP contribution in [-0.4, -0.2) is 36.6 Å². The fourth-order valence-corrected chi connectivity index (χ4v) is 5.95. The lowest BCUT2D eigenvalue weighted by Gasteiger charge is -2.70. The second-order valence-electron chi connectivity index (χ2n) is 7.54. The summed E-state index contributed by atoms with van der Waals surface area (Å²) in [6.07, 6.45) is 2.54. The van der Waals surface area contributed by atoms with Crippen molar-refractivity contribution in [2.75, 3.05) is 19.4 Å². The molecule has 3 fully saturated rings. The highest BCUT2D eigenvalue weighted by atomic mass is 31.2. The van der Waals surface area contributed by atoms with E-state index in [0.717, 1.165) is 19.3 Å². The van der Waals surface area contributed by atoms with Crippen molar-refractivity contribution in [2.24, 2.45) is 5.41 Å². The fraction of sp³-hybridized carbons (Fsp3) is 0.933. The Morgan fingerprint density at radius 2 is 1.64 bits per heavy atom. The largest absolute Gasteiger partial charge is 0.444 e. The van der Waals surface area contributed by atoms with Crippen LogP contribution < -0.4 is 5.32 Å². The Bertz CT molecular complexity index is 455. The number of nitrogens with one attached hydrogen (secondary N) is 1. The number of carbonyl (C=O) groups is 1. The van der Waals surface area contributed by atoms with Crippen molar-refractivity contribution in [2.45, 2.75) is 65.0 Å². The monoisotopic (exact) mass is 333 g/mol. The van der Waals surface area contributed by atoms with Crippen LogP contribution in [0.3, 0.4) is 0 Å². The van der Waals surface area contributed by atoms with Crippen molar-refractivity contribution in [3.63, 3.8) is 0 Å². The third-order valence-corrected chi connectivity index (χ3v) is 6.45. The average Bonchev–Trinajstić information content (AvgIpc) is 2.22. The lowest BCUT2D eigenvalue weighted by Crippen LogP contribution is -2.75. The van der Waals surface area contributed by atoms with Gasteiger partial charge in [-0.3, -0.25) is 4.57 Å². The molecule has 0 heterocycles. The van der Waals surface area contributed by atoms with E-state index >= 15 is 0 Å². The molecule has 0 aromatic heterocycles. The number of ether oxygens (including phenoxy) is 1. The molecule has 128 valence electrons. The first-order valence-electron chi connectivity index (χ1n) is 7.94. The Hall–Kier alpha value is -0.580. The molecule has 0 atom stereocenters. The molecule has 0 radical (unpaired) electrons. The maximum absolute atomic E-state index is 12.6. The molecule has 0 aliphatic heterocycles. The van der Waals surface area contributed by atoms with Crippen LogP contribution in [0.2, 0.25) is 0 Å². The highest BCUT2D eigenvalue weighted by molar-refractivity contribution is 7.53. The van der Waals surface area contributed by atoms with E-state index < -0.39 is 13.2 Å². The van der Waals surface area contributed by atoms with E-state index in [1.54, 1.807) is 0 Å². The Kier molecular flexibility index (Phi) is 4.69. The van der Waals surface area contributed by atoms with Crippen LogP contribution in [0.25, 0.3) is 0 Å². The first-order chi connectivity index (χ1) is 10.1. The Balaban J connectivity index is 1.84. The molecule has 22 heavy (non-hydrogen) atoms. The number of alkyl carbamates (subject to hydrolysis) is 1. The molecule has 0 aromatic carbocycles. The van der Waals surface area contributed by atoms with E-state index in [9.17, 15) is 9.36 Å². The molecule has 3 saturated carbocycles. The molecule has 2 bridgehead atoms. The predicted molar refractivity (Wildman–Crippen MR) is 84.1 cm³/mol. The third-order valence-electron chi connectivity index (χ3n) is 4.09. The van der Waals surface area contributed by atoms with E-state index in [2.05, 4.69) is 5.32 Å². The van der Waals surface area contributed by atoms with Gasteiger partial charge < -0.3 is 19.1 Å². The van der Waals surface area contributed by atoms with Gasteiger partial charge in [0, 0.05) is 5.54 Å². The van der Waals surface area contributed by atoms with Gasteiger partial charge in [-0.25, -0.2) is 4.79 Å². The van der Waals surface area contributed by atoms with Crippen molar-refractivity contribution in [1.29, 1.82) is 0 Å². The fourth-order valence-electron chi connectivity index (χ4n) is 3.75. The van der Waals surface area contributed by atoms with Crippen LogP contribution >= 0.6 is 7.60 Å². The summed E-state index contributed by atoms with van der Waals surface area (Å²) in [6, 6.07) is 0. The summed E-state index contributed by atoms with van der Waals surface area (Å²) in [4.78, 5) is 11.8. The first kappa shape index (κ1) is 17.8. The number of carbonyl (C=O) groups excluding carboxylic acids is 1. The zero-order valence-corrected chi connectivity index (χ0v) is 15.1. The van der Waals surface area contributed by atoms with E-state index in [1.807, 2.05) is 34.6 Å². The summed E-state index contributed by atoms with van der Waals surface area (Å²) >= 11 is 0. The van der Waals surface area contributed by atoms with E-state index in [4.69, 9.17) is 13.8 Å². The van der Waals surface area contributed by atoms with Gasteiger partial charge in [0.25, 0.3) is 0 Å². The second kappa shape index (κ2) is 5.81. The molecule has 1 amide bonds. The summed E-state index contributed by atoms with van der Waals surface area (Å²) < 4.78 is 28.6. The molecular weight excluding hydrogens is 305 g/mol. The quantitative estimate of drug-likeness (QED) is 0.719. The molecule has 3 aliphatic rings. The molecule has 0 saturated heterocycles. The molecule has 3 aliphatic carbocycles. The predicted octanol–water partition coefficient (Wildman–Crippen LogP) is 3.70. The number of rotatable bonds is 7. The van der Waals surface area contributed by atoms with E-state index in [0.29, 0.717) is 19.4 Å². The average molecular weight is 333 g/mol. The molecule has 0 spiro atoms. The van der Waals surface area contributed by atoms with Gasteiger partial charge in [0.15, 0.2) is 0 Å². The molecule has 1 N–H and O–H groups in total. The smallest absolute Gasteiger partial charge is 0.408 e. The minimum absolute atomic E-state index is 0.00508. The Labute approximate surface area is 132 Å². The standard InChI is InChI=1S/C15H28NO5P/c1-6-19-22(18,20-7-2)11-14-8-15(9-14,10-14)16-12(17)21-13(3,4)5/h6-11H2,1-5H3,(H,16,17). The van der Waals surface area contributed by atoms with Crippen molar-refractivity contribution in [3.05, 3.63) is 0 Å². The number of hydrogen-bond acceptors (Lipinski definition) is 5. The van der Waals surface area contributed by atoms with Crippen molar-refractivity contribution in [3.8, 4) is 0 Å². The topological polar surface area (TPSA) is 73.9 Å². The van der Waals surface area contributed by atoms with Crippen molar-refractivity contribution < 1.29 is 23.1 Å². The van der Waals surface area contributed by atoms with Gasteiger partial charge in [-0.15, -0.1) is 0 Å². The highest BCUT2D eigenvalue weighted by Gasteiger charge is 2.70. The highest BCUT2D eigenvalue weighted by Crippen LogP contribution is 2.72. The summed E-state index contributed by atoms with van der Waals surface area (Å²) in [5.74, 6) is 0. The zero-order chi connectivity index (χ0) is 16.6. The zero-order valence-electron chi connectivity index (χ0n) is 14.2. The minimum Gasteiger partial charge on any atom is -0.444 e. The maximum Gasteiger partial charge on any atom is 0.408 e. The van der Waals surface area contributed by atoms with Gasteiger partial charge in [0.2, 0.25) is 0 Å². The van der Waals surface area contributed by atoms with Crippen LogP contribution in [0, 0.1) is 5.41 Å². The molecule has 6 nitrogen and oxygen atoms in total. The summed E-state index contributed by atoms with van der Waals surface area (Å²) in [5.41, 5.74) is -0.675. The van der Waals surface area contributed by atoms with Gasteiger partial charge in [0.05, 0.1) is 19.4 Å². The molecule has 0 unspecified atom stereocenters. The molecular formula is C15H28NO5P. The maximum atomic E-state index is 12.6. The van der Waals surface area contributed by atoms with Gasteiger partial charge in [-0.1, -0.05) is 0 Å². The minimum atomic E-state index is -3.01. The third kappa shape index (κ3) is 3.84. The molecule has 7 heteroatoms. The van der Waals surface area contributed by atoms with Gasteiger partial charge in [0.1, 0.15) is 5.60 Å². The van der Waals surface area contributed by atoms with Crippen LogP contribution in [0.4, 0.5) is 4.79 Å². The van der Waals surface area contributed by atoms with E-state index in [1.165, 1.54) is 0 Å². The summed E-state index contributed by atoms with van der Waals surface area (Å²) in [6.45, 7) is 9.94. The van der Waals surface area contributed by atoms with Crippen LogP contribution in [-0.2, 0) is 18.3 Å². The number of hydrogen-bond donors (Lipinski definition) is 1. The lowest BCUT2D eigenvalue weighted by molar-refractivity contribution is -0.137. The van der Waals surface area contributed by atoms with Gasteiger partial charge in [-0.05, 0) is 59.3 Å². The second-order valence-corrected chi connectivity index (χ2v) is 9.60. The van der Waals surface area contributed by atoms with Crippen LogP contribution in [0.15, 0.2) is 0 Å². The van der Waals surface area contributed by atoms with Crippen molar-refractivity contribution >= 4 is 13.7 Å². The number of amides is 1. The van der Waals surface area contributed by atoms with Crippen LogP contribution in [0.5, 0.6) is 0 Å². The normalized spacial score (nSPS) is 30.2.